The molecule has 2 N–H and O–H groups in total. The number of halogens is 1. The van der Waals surface area contributed by atoms with E-state index >= 15 is 0 Å². The van der Waals surface area contributed by atoms with E-state index in [2.05, 4.69) is 10.2 Å². The van der Waals surface area contributed by atoms with Crippen molar-refractivity contribution in [3.05, 3.63) is 11.6 Å². The van der Waals surface area contributed by atoms with Crippen molar-refractivity contribution in [2.45, 2.75) is 37.7 Å². The molecule has 0 saturated heterocycles. The van der Waals surface area contributed by atoms with Crippen molar-refractivity contribution >= 4 is 11.6 Å². The van der Waals surface area contributed by atoms with Crippen LogP contribution in [-0.2, 0) is 6.42 Å². The lowest BCUT2D eigenvalue weighted by Crippen LogP contribution is -2.20. The van der Waals surface area contributed by atoms with E-state index in [1.54, 1.807) is 0 Å². The minimum atomic E-state index is -0.0967. The van der Waals surface area contributed by atoms with Gasteiger partial charge in [0.05, 0.1) is 6.04 Å². The second kappa shape index (κ2) is 3.27. The summed E-state index contributed by atoms with van der Waals surface area (Å²) in [7, 11) is 0. The van der Waals surface area contributed by atoms with Crippen molar-refractivity contribution in [3.63, 3.8) is 0 Å². The zero-order valence-corrected chi connectivity index (χ0v) is 8.33. The molecule has 1 aromatic rings. The first kappa shape index (κ1) is 8.97. The van der Waals surface area contributed by atoms with Crippen molar-refractivity contribution < 1.29 is 0 Å². The SMILES string of the molecule is CC(N)c1nnc2n1C(Cl)CCC2. The maximum Gasteiger partial charge on any atom is 0.150 e. The second-order valence-corrected chi connectivity index (χ2v) is 3.96. The molecule has 2 atom stereocenters. The van der Waals surface area contributed by atoms with Crippen LogP contribution in [0, 0.1) is 0 Å². The molecule has 13 heavy (non-hydrogen) atoms. The predicted molar refractivity (Wildman–Crippen MR) is 50.5 cm³/mol. The highest BCUT2D eigenvalue weighted by Gasteiger charge is 2.23. The van der Waals surface area contributed by atoms with Crippen LogP contribution in [0.15, 0.2) is 0 Å². The van der Waals surface area contributed by atoms with Gasteiger partial charge in [-0.05, 0) is 19.8 Å². The summed E-state index contributed by atoms with van der Waals surface area (Å²) in [5, 5.41) is 8.13. The molecule has 5 heteroatoms. The minimum Gasteiger partial charge on any atom is -0.322 e. The summed E-state index contributed by atoms with van der Waals surface area (Å²) in [6, 6.07) is -0.0967. The first-order valence-corrected chi connectivity index (χ1v) is 4.97. The maximum atomic E-state index is 6.17. The van der Waals surface area contributed by atoms with Gasteiger partial charge in [-0.2, -0.15) is 0 Å². The van der Waals surface area contributed by atoms with E-state index in [9.17, 15) is 0 Å². The average Bonchev–Trinajstić information content (AvgIpc) is 2.49. The van der Waals surface area contributed by atoms with E-state index in [0.29, 0.717) is 0 Å². The van der Waals surface area contributed by atoms with E-state index in [0.717, 1.165) is 30.9 Å². The molecule has 0 radical (unpaired) electrons. The molecule has 0 spiro atoms. The normalized spacial score (nSPS) is 24.1. The molecular formula is C8H13ClN4. The van der Waals surface area contributed by atoms with E-state index in [1.165, 1.54) is 0 Å². The van der Waals surface area contributed by atoms with Gasteiger partial charge in [0.15, 0.2) is 5.82 Å². The molecule has 0 aliphatic carbocycles. The molecule has 0 bridgehead atoms. The number of hydrogen-bond acceptors (Lipinski definition) is 3. The van der Waals surface area contributed by atoms with Crippen molar-refractivity contribution in [2.75, 3.05) is 0 Å². The summed E-state index contributed by atoms with van der Waals surface area (Å²) in [5.41, 5.74) is 5.75. The fraction of sp³-hybridized carbons (Fsp3) is 0.750. The molecule has 2 unspecified atom stereocenters. The van der Waals surface area contributed by atoms with Gasteiger partial charge in [0.25, 0.3) is 0 Å². The van der Waals surface area contributed by atoms with Crippen LogP contribution < -0.4 is 5.73 Å². The number of rotatable bonds is 1. The molecule has 1 aliphatic heterocycles. The van der Waals surface area contributed by atoms with Gasteiger partial charge in [0.1, 0.15) is 11.3 Å². The van der Waals surface area contributed by atoms with Crippen LogP contribution in [0.5, 0.6) is 0 Å². The van der Waals surface area contributed by atoms with Crippen LogP contribution in [-0.4, -0.2) is 14.8 Å². The van der Waals surface area contributed by atoms with Gasteiger partial charge >= 0.3 is 0 Å². The molecule has 0 amide bonds. The molecule has 0 aromatic carbocycles. The van der Waals surface area contributed by atoms with Gasteiger partial charge < -0.3 is 5.73 Å². The highest BCUT2D eigenvalue weighted by Crippen LogP contribution is 2.29. The van der Waals surface area contributed by atoms with Crippen LogP contribution in [0.1, 0.15) is 43.0 Å². The van der Waals surface area contributed by atoms with Gasteiger partial charge in [-0.25, -0.2) is 0 Å². The first-order chi connectivity index (χ1) is 6.20. The Labute approximate surface area is 82.1 Å². The Morgan fingerprint density at radius 1 is 1.62 bits per heavy atom. The third-order valence-electron chi connectivity index (χ3n) is 2.32. The zero-order chi connectivity index (χ0) is 9.42. The summed E-state index contributed by atoms with van der Waals surface area (Å²) >= 11 is 6.17. The molecule has 0 saturated carbocycles. The number of hydrogen-bond donors (Lipinski definition) is 1. The molecule has 72 valence electrons. The number of nitrogens with zero attached hydrogens (tertiary/aromatic N) is 3. The summed E-state index contributed by atoms with van der Waals surface area (Å²) in [6.45, 7) is 1.90. The van der Waals surface area contributed by atoms with Crippen LogP contribution in [0.4, 0.5) is 0 Å². The number of alkyl halides is 1. The van der Waals surface area contributed by atoms with E-state index in [-0.39, 0.29) is 11.5 Å². The topological polar surface area (TPSA) is 56.7 Å². The Balaban J connectivity index is 2.44. The Kier molecular flexibility index (Phi) is 2.26. The standard InChI is InChI=1S/C8H13ClN4/c1-5(10)8-12-11-7-4-2-3-6(9)13(7)8/h5-6H,2-4,10H2,1H3. The van der Waals surface area contributed by atoms with E-state index in [4.69, 9.17) is 17.3 Å². The Morgan fingerprint density at radius 2 is 2.38 bits per heavy atom. The van der Waals surface area contributed by atoms with Crippen LogP contribution in [0.2, 0.25) is 0 Å². The fourth-order valence-electron chi connectivity index (χ4n) is 1.68. The van der Waals surface area contributed by atoms with Gasteiger partial charge in [-0.15, -0.1) is 10.2 Å². The quantitative estimate of drug-likeness (QED) is 0.697. The number of nitrogens with two attached hydrogens (primary N) is 1. The van der Waals surface area contributed by atoms with Gasteiger partial charge in [-0.1, -0.05) is 11.6 Å². The molecule has 4 nitrogen and oxygen atoms in total. The second-order valence-electron chi connectivity index (χ2n) is 3.46. The Hall–Kier alpha value is -0.610. The van der Waals surface area contributed by atoms with Gasteiger partial charge in [-0.3, -0.25) is 4.57 Å². The molecule has 0 fully saturated rings. The van der Waals surface area contributed by atoms with Crippen molar-refractivity contribution in [2.24, 2.45) is 5.73 Å². The fourth-order valence-corrected chi connectivity index (χ4v) is 2.05. The van der Waals surface area contributed by atoms with Crippen LogP contribution >= 0.6 is 11.6 Å². The van der Waals surface area contributed by atoms with Gasteiger partial charge in [0, 0.05) is 6.42 Å². The Morgan fingerprint density at radius 3 is 3.08 bits per heavy atom. The first-order valence-electron chi connectivity index (χ1n) is 4.53. The Bertz CT molecular complexity index is 307. The summed E-state index contributed by atoms with van der Waals surface area (Å²) in [5.74, 6) is 1.77. The van der Waals surface area contributed by atoms with Crippen molar-refractivity contribution in [1.29, 1.82) is 0 Å². The lowest BCUT2D eigenvalue weighted by atomic mass is 10.1. The molecule has 2 rings (SSSR count). The summed E-state index contributed by atoms with van der Waals surface area (Å²) in [6.07, 6.45) is 3.03. The largest absolute Gasteiger partial charge is 0.322 e. The summed E-state index contributed by atoms with van der Waals surface area (Å²) in [4.78, 5) is 0. The lowest BCUT2D eigenvalue weighted by Gasteiger charge is -2.21. The van der Waals surface area contributed by atoms with E-state index < -0.39 is 0 Å². The van der Waals surface area contributed by atoms with E-state index in [1.807, 2.05) is 11.5 Å². The smallest absolute Gasteiger partial charge is 0.150 e. The third kappa shape index (κ3) is 1.44. The third-order valence-corrected chi connectivity index (χ3v) is 2.74. The highest BCUT2D eigenvalue weighted by molar-refractivity contribution is 6.19. The molecule has 1 aliphatic rings. The van der Waals surface area contributed by atoms with Gasteiger partial charge in [0.2, 0.25) is 0 Å². The maximum absolute atomic E-state index is 6.17. The monoisotopic (exact) mass is 200 g/mol. The van der Waals surface area contributed by atoms with Crippen LogP contribution in [0.25, 0.3) is 0 Å². The molecule has 1 aromatic heterocycles. The zero-order valence-electron chi connectivity index (χ0n) is 7.57. The number of aryl methyl sites for hydroxylation is 1. The van der Waals surface area contributed by atoms with Crippen molar-refractivity contribution in [3.8, 4) is 0 Å². The molecular weight excluding hydrogens is 188 g/mol. The molecule has 2 heterocycles. The predicted octanol–water partition coefficient (Wildman–Crippen LogP) is 1.37. The van der Waals surface area contributed by atoms with Crippen LogP contribution in [0.3, 0.4) is 0 Å². The average molecular weight is 201 g/mol. The summed E-state index contributed by atoms with van der Waals surface area (Å²) < 4.78 is 1.97. The lowest BCUT2D eigenvalue weighted by molar-refractivity contribution is 0.478. The number of aromatic nitrogens is 3. The minimum absolute atomic E-state index is 0.0141. The highest BCUT2D eigenvalue weighted by atomic mass is 35.5. The van der Waals surface area contributed by atoms with Crippen molar-refractivity contribution in [1.82, 2.24) is 14.8 Å². The number of fused-ring (bicyclic) bond motifs is 1.